The Bertz CT molecular complexity index is 304. The first-order valence-electron chi connectivity index (χ1n) is 6.04. The van der Waals surface area contributed by atoms with Crippen LogP contribution in [0.15, 0.2) is 0 Å². The molecule has 6 heteroatoms. The summed E-state index contributed by atoms with van der Waals surface area (Å²) < 4.78 is 4.73. The first kappa shape index (κ1) is 12.3. The van der Waals surface area contributed by atoms with Gasteiger partial charge in [0.2, 0.25) is 5.91 Å². The van der Waals surface area contributed by atoms with Gasteiger partial charge in [-0.25, -0.2) is 9.69 Å². The molecule has 2 fully saturated rings. The van der Waals surface area contributed by atoms with Crippen molar-refractivity contribution in [1.82, 2.24) is 9.80 Å². The Morgan fingerprint density at radius 3 is 2.76 bits per heavy atom. The second-order valence-electron chi connectivity index (χ2n) is 4.44. The van der Waals surface area contributed by atoms with Gasteiger partial charge in [-0.2, -0.15) is 0 Å². The van der Waals surface area contributed by atoms with Crippen LogP contribution in [0.4, 0.5) is 4.79 Å². The largest absolute Gasteiger partial charge is 0.447 e. The van der Waals surface area contributed by atoms with Crippen LogP contribution in [0.1, 0.15) is 19.3 Å². The van der Waals surface area contributed by atoms with E-state index in [1.807, 2.05) is 4.90 Å². The summed E-state index contributed by atoms with van der Waals surface area (Å²) in [6, 6.07) is 0.379. The van der Waals surface area contributed by atoms with Crippen molar-refractivity contribution in [3.63, 3.8) is 0 Å². The van der Waals surface area contributed by atoms with E-state index in [4.69, 9.17) is 9.84 Å². The molecule has 0 aromatic heterocycles. The van der Waals surface area contributed by atoms with Crippen molar-refractivity contribution in [2.45, 2.75) is 25.3 Å². The molecule has 1 N–H and O–H groups in total. The number of ether oxygens (including phenoxy) is 1. The zero-order chi connectivity index (χ0) is 12.3. The van der Waals surface area contributed by atoms with E-state index in [0.717, 1.165) is 17.7 Å². The maximum absolute atomic E-state index is 11.9. The normalized spacial score (nSPS) is 20.6. The van der Waals surface area contributed by atoms with Gasteiger partial charge in [-0.3, -0.25) is 9.69 Å². The molecule has 1 aliphatic heterocycles. The Labute approximate surface area is 100 Å². The Kier molecular flexibility index (Phi) is 3.96. The third-order valence-corrected chi connectivity index (χ3v) is 3.38. The molecule has 0 bridgehead atoms. The van der Waals surface area contributed by atoms with Crippen LogP contribution >= 0.6 is 0 Å². The molecule has 0 atom stereocenters. The molecular weight excluding hydrogens is 224 g/mol. The zero-order valence-electron chi connectivity index (χ0n) is 9.80. The van der Waals surface area contributed by atoms with E-state index < -0.39 is 6.09 Å². The lowest BCUT2D eigenvalue weighted by Crippen LogP contribution is -2.48. The average molecular weight is 242 g/mol. The minimum atomic E-state index is -0.549. The van der Waals surface area contributed by atoms with Gasteiger partial charge in [0.05, 0.1) is 19.7 Å². The van der Waals surface area contributed by atoms with Crippen molar-refractivity contribution in [1.29, 1.82) is 0 Å². The molecule has 0 aromatic rings. The van der Waals surface area contributed by atoms with Crippen LogP contribution in [0.5, 0.6) is 0 Å². The summed E-state index contributed by atoms with van der Waals surface area (Å²) in [5, 5.41) is 8.98. The highest BCUT2D eigenvalue weighted by molar-refractivity contribution is 5.94. The van der Waals surface area contributed by atoms with Crippen LogP contribution in [0.25, 0.3) is 0 Å². The fourth-order valence-electron chi connectivity index (χ4n) is 2.15. The van der Waals surface area contributed by atoms with Gasteiger partial charge in [-0.1, -0.05) is 6.42 Å². The molecule has 1 aliphatic carbocycles. The SMILES string of the molecule is O=C(CN(CCO)C1CCC1)N1CCOC1=O. The second kappa shape index (κ2) is 5.46. The van der Waals surface area contributed by atoms with E-state index in [-0.39, 0.29) is 25.7 Å². The summed E-state index contributed by atoms with van der Waals surface area (Å²) in [4.78, 5) is 26.2. The maximum atomic E-state index is 11.9. The molecule has 6 nitrogen and oxygen atoms in total. The highest BCUT2D eigenvalue weighted by Gasteiger charge is 2.32. The van der Waals surface area contributed by atoms with Crippen molar-refractivity contribution in [2.75, 3.05) is 32.8 Å². The number of aliphatic hydroxyl groups excluding tert-OH is 1. The number of imide groups is 1. The number of aliphatic hydroxyl groups is 1. The van der Waals surface area contributed by atoms with Gasteiger partial charge >= 0.3 is 6.09 Å². The van der Waals surface area contributed by atoms with E-state index in [0.29, 0.717) is 19.1 Å². The minimum Gasteiger partial charge on any atom is -0.447 e. The molecule has 96 valence electrons. The van der Waals surface area contributed by atoms with Crippen LogP contribution in [-0.4, -0.2) is 65.8 Å². The monoisotopic (exact) mass is 242 g/mol. The first-order valence-corrected chi connectivity index (χ1v) is 6.04. The summed E-state index contributed by atoms with van der Waals surface area (Å²) in [5.41, 5.74) is 0. The van der Waals surface area contributed by atoms with Crippen molar-refractivity contribution in [3.8, 4) is 0 Å². The average Bonchev–Trinajstić information content (AvgIpc) is 2.62. The molecule has 0 spiro atoms. The quantitative estimate of drug-likeness (QED) is 0.723. The van der Waals surface area contributed by atoms with Crippen molar-refractivity contribution in [3.05, 3.63) is 0 Å². The van der Waals surface area contributed by atoms with Gasteiger partial charge in [0, 0.05) is 12.6 Å². The molecule has 0 unspecified atom stereocenters. The Balaban J connectivity index is 1.87. The van der Waals surface area contributed by atoms with Gasteiger partial charge in [0.15, 0.2) is 0 Å². The summed E-state index contributed by atoms with van der Waals surface area (Å²) in [7, 11) is 0. The maximum Gasteiger partial charge on any atom is 0.416 e. The van der Waals surface area contributed by atoms with Crippen LogP contribution in [-0.2, 0) is 9.53 Å². The molecule has 2 aliphatic rings. The number of hydrogen-bond acceptors (Lipinski definition) is 5. The van der Waals surface area contributed by atoms with Crippen molar-refractivity contribution in [2.24, 2.45) is 0 Å². The number of nitrogens with zero attached hydrogens (tertiary/aromatic N) is 2. The van der Waals surface area contributed by atoms with Crippen LogP contribution in [0.3, 0.4) is 0 Å². The third kappa shape index (κ3) is 2.76. The predicted octanol–water partition coefficient (Wildman–Crippen LogP) is -0.188. The van der Waals surface area contributed by atoms with E-state index in [9.17, 15) is 9.59 Å². The molecule has 0 radical (unpaired) electrons. The van der Waals surface area contributed by atoms with E-state index in [2.05, 4.69) is 0 Å². The van der Waals surface area contributed by atoms with Gasteiger partial charge in [0.25, 0.3) is 0 Å². The minimum absolute atomic E-state index is 0.0359. The number of rotatable bonds is 5. The van der Waals surface area contributed by atoms with E-state index in [1.165, 1.54) is 6.42 Å². The topological polar surface area (TPSA) is 70.1 Å². The van der Waals surface area contributed by atoms with Crippen molar-refractivity contribution < 1.29 is 19.4 Å². The molecule has 2 rings (SSSR count). The molecule has 1 heterocycles. The highest BCUT2D eigenvalue weighted by Crippen LogP contribution is 2.24. The fraction of sp³-hybridized carbons (Fsp3) is 0.818. The lowest BCUT2D eigenvalue weighted by molar-refractivity contribution is -0.130. The zero-order valence-corrected chi connectivity index (χ0v) is 9.80. The van der Waals surface area contributed by atoms with Crippen LogP contribution in [0.2, 0.25) is 0 Å². The smallest absolute Gasteiger partial charge is 0.416 e. The highest BCUT2D eigenvalue weighted by atomic mass is 16.6. The van der Waals surface area contributed by atoms with Gasteiger partial charge in [0.1, 0.15) is 6.61 Å². The third-order valence-electron chi connectivity index (χ3n) is 3.38. The molecule has 17 heavy (non-hydrogen) atoms. The standard InChI is InChI=1S/C11H18N2O4/c14-6-4-12(9-2-1-3-9)8-10(15)13-5-7-17-11(13)16/h9,14H,1-8H2. The Morgan fingerprint density at radius 2 is 2.29 bits per heavy atom. The van der Waals surface area contributed by atoms with Crippen LogP contribution in [0, 0.1) is 0 Å². The first-order chi connectivity index (χ1) is 8.22. The Hall–Kier alpha value is -1.14. The summed E-state index contributed by atoms with van der Waals surface area (Å²) in [6.07, 6.45) is 2.76. The summed E-state index contributed by atoms with van der Waals surface area (Å²) in [6.45, 7) is 1.34. The van der Waals surface area contributed by atoms with Crippen LogP contribution < -0.4 is 0 Å². The van der Waals surface area contributed by atoms with Gasteiger partial charge in [-0.15, -0.1) is 0 Å². The number of carbonyl (C=O) groups excluding carboxylic acids is 2. The molecular formula is C11H18N2O4. The number of amides is 2. The lowest BCUT2D eigenvalue weighted by atomic mass is 9.91. The molecule has 0 aromatic carbocycles. The summed E-state index contributed by atoms with van der Waals surface area (Å²) in [5.74, 6) is -0.229. The molecule has 1 saturated carbocycles. The van der Waals surface area contributed by atoms with Gasteiger partial charge < -0.3 is 9.84 Å². The van der Waals surface area contributed by atoms with Gasteiger partial charge in [-0.05, 0) is 12.8 Å². The van der Waals surface area contributed by atoms with E-state index in [1.54, 1.807) is 0 Å². The lowest BCUT2D eigenvalue weighted by Gasteiger charge is -2.37. The summed E-state index contributed by atoms with van der Waals surface area (Å²) >= 11 is 0. The number of cyclic esters (lactones) is 1. The fourth-order valence-corrected chi connectivity index (χ4v) is 2.15. The van der Waals surface area contributed by atoms with Crippen molar-refractivity contribution >= 4 is 12.0 Å². The Morgan fingerprint density at radius 1 is 1.53 bits per heavy atom. The number of carbonyl (C=O) groups is 2. The molecule has 1 saturated heterocycles. The predicted molar refractivity (Wildman–Crippen MR) is 59.4 cm³/mol. The second-order valence-corrected chi connectivity index (χ2v) is 4.44. The molecule has 2 amide bonds. The van der Waals surface area contributed by atoms with E-state index >= 15 is 0 Å². The number of hydrogen-bond donors (Lipinski definition) is 1.